The van der Waals surface area contributed by atoms with Gasteiger partial charge in [-0.15, -0.1) is 0 Å². The van der Waals surface area contributed by atoms with Crippen molar-refractivity contribution in [3.8, 4) is 0 Å². The third-order valence-electron chi connectivity index (χ3n) is 19.4. The molecule has 0 saturated carbocycles. The molecule has 0 aromatic carbocycles. The number of rotatable bonds is 62. The first kappa shape index (κ1) is 96.9. The summed E-state index contributed by atoms with van der Waals surface area (Å²) in [7, 11) is 22.0. The summed E-state index contributed by atoms with van der Waals surface area (Å²) in [5.41, 5.74) is 0. The van der Waals surface area contributed by atoms with Crippen molar-refractivity contribution in [2.45, 2.75) is 170 Å². The molecule has 5 amide bonds. The molecule has 0 heterocycles. The van der Waals surface area contributed by atoms with Crippen molar-refractivity contribution in [2.75, 3.05) is 235 Å². The summed E-state index contributed by atoms with van der Waals surface area (Å²) in [5.74, 6) is -8.04. The topological polar surface area (TPSA) is 264 Å². The largest absolute Gasteiger partial charge is 0.464 e. The van der Waals surface area contributed by atoms with E-state index in [9.17, 15) is 43.2 Å². The van der Waals surface area contributed by atoms with Crippen LogP contribution in [0.3, 0.4) is 0 Å². The van der Waals surface area contributed by atoms with Gasteiger partial charge in [-0.3, -0.25) is 57.7 Å². The van der Waals surface area contributed by atoms with Crippen molar-refractivity contribution < 1.29 is 57.4 Å². The molecule has 594 valence electrons. The fourth-order valence-corrected chi connectivity index (χ4v) is 12.0. The van der Waals surface area contributed by atoms with E-state index in [2.05, 4.69) is 106 Å². The van der Waals surface area contributed by atoms with Crippen LogP contribution < -0.4 is 16.0 Å². The maximum Gasteiger partial charge on any atom is 0.307 e. The zero-order valence-electron chi connectivity index (χ0n) is 68.1. The lowest BCUT2D eigenvalue weighted by Gasteiger charge is -2.30. The highest BCUT2D eigenvalue weighted by Crippen LogP contribution is 2.26. The monoisotopic (exact) mass is 1450 g/mol. The SMILES string of the molecule is CCCCNC(=O)C(CC(=O)CC(CC(=O)C(CC(=O)CC(CC)C(=O)N(C)CCN(C)CCN(C)CCC(=O)OCCN(C(C)C)C(C)C)CC(=O)N(C)CCN(C)CCN(C)CCC(=O)OCCN(C(C)C)C(C)C)C(=O)N(C)CCN(C)CCNC)CC(=O)N(C)CCN(C)CCNC. The van der Waals surface area contributed by atoms with E-state index >= 15 is 4.79 Å². The van der Waals surface area contributed by atoms with Crippen LogP contribution in [0.4, 0.5) is 0 Å². The Bertz CT molecular complexity index is 2390. The Kier molecular flexibility index (Phi) is 52.6. The van der Waals surface area contributed by atoms with Crippen molar-refractivity contribution in [1.29, 1.82) is 0 Å². The summed E-state index contributed by atoms with van der Waals surface area (Å²) >= 11 is 0. The first-order valence-electron chi connectivity index (χ1n) is 38.1. The van der Waals surface area contributed by atoms with Gasteiger partial charge in [-0.1, -0.05) is 20.3 Å². The zero-order chi connectivity index (χ0) is 77.6. The molecule has 102 heavy (non-hydrogen) atoms. The van der Waals surface area contributed by atoms with Crippen molar-refractivity contribution in [3.05, 3.63) is 0 Å². The van der Waals surface area contributed by atoms with Crippen LogP contribution in [0, 0.1) is 23.7 Å². The van der Waals surface area contributed by atoms with Gasteiger partial charge in [-0.25, -0.2) is 0 Å². The van der Waals surface area contributed by atoms with E-state index in [4.69, 9.17) is 9.47 Å². The minimum atomic E-state index is -1.23. The minimum absolute atomic E-state index is 0.187. The number of hydrogen-bond acceptors (Lipinski definition) is 22. The van der Waals surface area contributed by atoms with Gasteiger partial charge in [-0.05, 0) is 125 Å². The summed E-state index contributed by atoms with van der Waals surface area (Å²) < 4.78 is 11.1. The highest BCUT2D eigenvalue weighted by Gasteiger charge is 2.36. The zero-order valence-corrected chi connectivity index (χ0v) is 68.1. The van der Waals surface area contributed by atoms with Crippen molar-refractivity contribution in [2.24, 2.45) is 23.7 Å². The molecule has 27 nitrogen and oxygen atoms in total. The van der Waals surface area contributed by atoms with Gasteiger partial charge in [0, 0.05) is 247 Å². The molecular weight excluding hydrogens is 1300 g/mol. The van der Waals surface area contributed by atoms with Crippen molar-refractivity contribution in [1.82, 2.24) is 74.7 Å². The molecule has 0 fully saturated rings. The summed E-state index contributed by atoms with van der Waals surface area (Å²) in [6.07, 6.45) is -0.112. The lowest BCUT2D eigenvalue weighted by Crippen LogP contribution is -2.42. The normalized spacial score (nSPS) is 13.2. The van der Waals surface area contributed by atoms with E-state index in [1.165, 1.54) is 9.80 Å². The number of ether oxygens (including phenoxy) is 2. The van der Waals surface area contributed by atoms with Crippen LogP contribution >= 0.6 is 0 Å². The number of amides is 5. The van der Waals surface area contributed by atoms with Gasteiger partial charge in [0.15, 0.2) is 0 Å². The summed E-state index contributed by atoms with van der Waals surface area (Å²) in [6, 6.07) is 1.37. The summed E-state index contributed by atoms with van der Waals surface area (Å²) in [4.78, 5) is 164. The molecule has 0 aliphatic rings. The van der Waals surface area contributed by atoms with Crippen LogP contribution in [0.25, 0.3) is 0 Å². The number of Topliss-reactive ketones (excluding diaryl/α,β-unsaturated/α-hetero) is 3. The number of likely N-dealkylation sites (N-methyl/N-ethyl adjacent to an activating group) is 12. The standard InChI is InChI=1S/C75H147N15O12/c1-23-25-28-78-73(98)64(57-70(95)86(20)43-39-81(15)33-29-76-11)53-67(92)54-65(75(100)88(22)45-41-82(16)34-30-77-12)55-68(93)63(56-69(94)85(19)44-40-83(17)37-35-79(13)31-26-71(96)101-49-47-89(58(3)4)59(5)6)52-66(91)51-62(24-2)74(99)87(21)46-42-84(18)38-36-80(14)32-27-72(97)102-50-48-90(60(7)8)61(9)10/h58-65,76-77H,23-57H2,1-22H3,(H,78,98). The van der Waals surface area contributed by atoms with Crippen LogP contribution in [0.5, 0.6) is 0 Å². The van der Waals surface area contributed by atoms with Gasteiger partial charge in [0.1, 0.15) is 30.6 Å². The Labute approximate surface area is 617 Å². The number of nitrogens with zero attached hydrogens (tertiary/aromatic N) is 12. The molecule has 4 unspecified atom stereocenters. The van der Waals surface area contributed by atoms with Crippen molar-refractivity contribution in [3.63, 3.8) is 0 Å². The van der Waals surface area contributed by atoms with Crippen LogP contribution in [-0.4, -0.2) is 377 Å². The maximum atomic E-state index is 15.2. The molecule has 0 rings (SSSR count). The molecule has 0 aliphatic carbocycles. The second kappa shape index (κ2) is 55.4. The number of carbonyl (C=O) groups excluding carboxylic acids is 10. The van der Waals surface area contributed by atoms with Gasteiger partial charge in [0.05, 0.1) is 24.7 Å². The molecule has 0 aromatic heterocycles. The second-order valence-electron chi connectivity index (χ2n) is 29.8. The number of nitrogens with one attached hydrogen (secondary N) is 3. The molecule has 0 aliphatic heterocycles. The molecule has 0 bridgehead atoms. The third-order valence-corrected chi connectivity index (χ3v) is 19.4. The first-order valence-corrected chi connectivity index (χ1v) is 38.1. The Morgan fingerprint density at radius 1 is 0.343 bits per heavy atom. The Morgan fingerprint density at radius 2 is 0.667 bits per heavy atom. The Morgan fingerprint density at radius 3 is 1.04 bits per heavy atom. The molecule has 27 heteroatoms. The second-order valence-corrected chi connectivity index (χ2v) is 29.8. The van der Waals surface area contributed by atoms with Crippen molar-refractivity contribution >= 4 is 58.8 Å². The molecule has 4 atom stereocenters. The third kappa shape index (κ3) is 44.0. The van der Waals surface area contributed by atoms with E-state index < -0.39 is 71.6 Å². The molecule has 3 N–H and O–H groups in total. The van der Waals surface area contributed by atoms with Crippen LogP contribution in [0.2, 0.25) is 0 Å². The Hall–Kier alpha value is -5.10. The lowest BCUT2D eigenvalue weighted by molar-refractivity contribution is -0.145. The fourth-order valence-electron chi connectivity index (χ4n) is 12.0. The number of hydrogen-bond donors (Lipinski definition) is 3. The number of carbonyl (C=O) groups is 10. The average Bonchev–Trinajstić information content (AvgIpc) is 0.854. The number of ketones is 3. The maximum absolute atomic E-state index is 15.2. The van der Waals surface area contributed by atoms with Gasteiger partial charge in [0.2, 0.25) is 29.5 Å². The quantitative estimate of drug-likeness (QED) is 0.0583. The van der Waals surface area contributed by atoms with Gasteiger partial charge < -0.3 is 74.4 Å². The smallest absolute Gasteiger partial charge is 0.307 e. The highest BCUT2D eigenvalue weighted by atomic mass is 16.5. The predicted octanol–water partition coefficient (Wildman–Crippen LogP) is 3.18. The van der Waals surface area contributed by atoms with E-state index in [1.807, 2.05) is 75.1 Å². The molecule has 0 saturated heterocycles. The van der Waals surface area contributed by atoms with E-state index in [0.29, 0.717) is 161 Å². The molecular formula is C75H147N15O12. The summed E-state index contributed by atoms with van der Waals surface area (Å²) in [6.45, 7) is 33.2. The van der Waals surface area contributed by atoms with E-state index in [1.54, 1.807) is 38.0 Å². The number of esters is 2. The highest BCUT2D eigenvalue weighted by molar-refractivity contribution is 5.97. The first-order chi connectivity index (χ1) is 48.0. The molecule has 0 spiro atoms. The van der Waals surface area contributed by atoms with Crippen LogP contribution in [0.15, 0.2) is 0 Å². The van der Waals surface area contributed by atoms with Gasteiger partial charge in [0.25, 0.3) is 0 Å². The summed E-state index contributed by atoms with van der Waals surface area (Å²) in [5, 5.41) is 9.15. The van der Waals surface area contributed by atoms with Crippen LogP contribution in [0.1, 0.15) is 146 Å². The number of unbranched alkanes of at least 4 members (excludes halogenated alkanes) is 1. The van der Waals surface area contributed by atoms with Gasteiger partial charge >= 0.3 is 11.9 Å². The van der Waals surface area contributed by atoms with Crippen LogP contribution in [-0.2, 0) is 57.4 Å². The molecule has 0 aromatic rings. The Balaban J connectivity index is 6.83. The lowest BCUT2D eigenvalue weighted by atomic mass is 9.83. The van der Waals surface area contributed by atoms with E-state index in [0.717, 1.165) is 19.5 Å². The minimum Gasteiger partial charge on any atom is -0.464 e. The van der Waals surface area contributed by atoms with Gasteiger partial charge in [-0.2, -0.15) is 0 Å². The van der Waals surface area contributed by atoms with E-state index in [-0.39, 0.29) is 81.8 Å². The average molecular weight is 1450 g/mol. The molecule has 0 radical (unpaired) electrons. The fraction of sp³-hybridized carbons (Fsp3) is 0.867. The predicted molar refractivity (Wildman–Crippen MR) is 408 cm³/mol.